The molecule has 0 saturated carbocycles. The Hall–Kier alpha value is -0.470. The van der Waals surface area contributed by atoms with Crippen molar-refractivity contribution in [3.63, 3.8) is 0 Å². The molecule has 0 spiro atoms. The van der Waals surface area contributed by atoms with Crippen molar-refractivity contribution in [3.05, 3.63) is 16.3 Å². The Morgan fingerprint density at radius 3 is 2.63 bits per heavy atom. The van der Waals surface area contributed by atoms with Gasteiger partial charge in [-0.05, 0) is 12.0 Å². The third-order valence-corrected chi connectivity index (χ3v) is 5.45. The molecule has 0 amide bonds. The van der Waals surface area contributed by atoms with Gasteiger partial charge < -0.3 is 9.84 Å². The number of methoxy groups -OCH3 is 1. The molecule has 7 heteroatoms. The standard InChI is InChI=1S/C12H21NO4S2/c1-10(2)7-13(4-5-17-3)19(15,16)12-6-11(8-14)18-9-12/h6,9-10,14H,4-5,7-8H2,1-3H3. The minimum Gasteiger partial charge on any atom is -0.391 e. The largest absolute Gasteiger partial charge is 0.391 e. The maximum absolute atomic E-state index is 12.5. The molecule has 1 N–H and O–H groups in total. The lowest BCUT2D eigenvalue weighted by molar-refractivity contribution is 0.175. The first-order valence-electron chi connectivity index (χ1n) is 6.09. The van der Waals surface area contributed by atoms with Gasteiger partial charge >= 0.3 is 0 Å². The second-order valence-electron chi connectivity index (χ2n) is 4.66. The Labute approximate surface area is 118 Å². The first kappa shape index (κ1) is 16.6. The SMILES string of the molecule is COCCN(CC(C)C)S(=O)(=O)c1csc(CO)c1. The van der Waals surface area contributed by atoms with Crippen molar-refractivity contribution in [1.82, 2.24) is 4.31 Å². The zero-order valence-electron chi connectivity index (χ0n) is 11.5. The molecule has 0 aliphatic carbocycles. The average Bonchev–Trinajstić information content (AvgIpc) is 2.83. The zero-order valence-corrected chi connectivity index (χ0v) is 13.1. The molecule has 110 valence electrons. The van der Waals surface area contributed by atoms with Crippen molar-refractivity contribution in [3.8, 4) is 0 Å². The number of ether oxygens (including phenoxy) is 1. The van der Waals surface area contributed by atoms with E-state index < -0.39 is 10.0 Å². The summed E-state index contributed by atoms with van der Waals surface area (Å²) in [6, 6.07) is 1.53. The molecule has 1 heterocycles. The van der Waals surface area contributed by atoms with Crippen LogP contribution in [0.3, 0.4) is 0 Å². The number of thiophene rings is 1. The number of rotatable bonds is 8. The molecule has 5 nitrogen and oxygen atoms in total. The van der Waals surface area contributed by atoms with Gasteiger partial charge in [-0.15, -0.1) is 11.3 Å². The van der Waals surface area contributed by atoms with Gasteiger partial charge in [-0.1, -0.05) is 13.8 Å². The molecule has 0 atom stereocenters. The van der Waals surface area contributed by atoms with Crippen LogP contribution in [0.5, 0.6) is 0 Å². The van der Waals surface area contributed by atoms with Crippen molar-refractivity contribution in [2.45, 2.75) is 25.3 Å². The Morgan fingerprint density at radius 1 is 1.47 bits per heavy atom. The summed E-state index contributed by atoms with van der Waals surface area (Å²) in [5.41, 5.74) is 0. The van der Waals surface area contributed by atoms with Crippen molar-refractivity contribution in [2.75, 3.05) is 26.8 Å². The summed E-state index contributed by atoms with van der Waals surface area (Å²) in [4.78, 5) is 0.896. The minimum atomic E-state index is -3.50. The van der Waals surface area contributed by atoms with Gasteiger partial charge in [0.2, 0.25) is 10.0 Å². The number of hydrogen-bond donors (Lipinski definition) is 1. The van der Waals surface area contributed by atoms with Crippen LogP contribution >= 0.6 is 11.3 Å². The van der Waals surface area contributed by atoms with Crippen LogP contribution in [-0.2, 0) is 21.4 Å². The quantitative estimate of drug-likeness (QED) is 0.791. The third kappa shape index (κ3) is 4.54. The Morgan fingerprint density at radius 2 is 2.16 bits per heavy atom. The smallest absolute Gasteiger partial charge is 0.243 e. The number of aliphatic hydroxyl groups excluding tert-OH is 1. The fourth-order valence-electron chi connectivity index (χ4n) is 1.64. The Balaban J connectivity index is 2.96. The fraction of sp³-hybridized carbons (Fsp3) is 0.667. The molecule has 1 aromatic rings. The van der Waals surface area contributed by atoms with Crippen LogP contribution in [-0.4, -0.2) is 44.6 Å². The molecule has 0 saturated heterocycles. The molecule has 1 rings (SSSR count). The van der Waals surface area contributed by atoms with Crippen LogP contribution in [0.2, 0.25) is 0 Å². The Kier molecular flexibility index (Phi) is 6.41. The van der Waals surface area contributed by atoms with E-state index >= 15 is 0 Å². The summed E-state index contributed by atoms with van der Waals surface area (Å²) >= 11 is 1.25. The molecular formula is C12H21NO4S2. The number of sulfonamides is 1. The Bertz CT molecular complexity index is 482. The van der Waals surface area contributed by atoms with Crippen LogP contribution < -0.4 is 0 Å². The van der Waals surface area contributed by atoms with Crippen LogP contribution in [0.4, 0.5) is 0 Å². The highest BCUT2D eigenvalue weighted by Crippen LogP contribution is 2.23. The number of nitrogens with zero attached hydrogens (tertiary/aromatic N) is 1. The van der Waals surface area contributed by atoms with Crippen molar-refractivity contribution in [1.29, 1.82) is 0 Å². The summed E-state index contributed by atoms with van der Waals surface area (Å²) in [6.07, 6.45) is 0. The van der Waals surface area contributed by atoms with Crippen molar-refractivity contribution in [2.24, 2.45) is 5.92 Å². The van der Waals surface area contributed by atoms with Gasteiger partial charge in [-0.3, -0.25) is 0 Å². The zero-order chi connectivity index (χ0) is 14.5. The minimum absolute atomic E-state index is 0.136. The third-order valence-electron chi connectivity index (χ3n) is 2.54. The average molecular weight is 307 g/mol. The second kappa shape index (κ2) is 7.35. The van der Waals surface area contributed by atoms with E-state index in [9.17, 15) is 8.42 Å². The van der Waals surface area contributed by atoms with E-state index in [1.54, 1.807) is 12.5 Å². The lowest BCUT2D eigenvalue weighted by Crippen LogP contribution is -2.36. The van der Waals surface area contributed by atoms with E-state index in [-0.39, 0.29) is 17.4 Å². The molecule has 1 aromatic heterocycles. The monoisotopic (exact) mass is 307 g/mol. The highest BCUT2D eigenvalue weighted by atomic mass is 32.2. The van der Waals surface area contributed by atoms with E-state index in [0.29, 0.717) is 24.6 Å². The maximum Gasteiger partial charge on any atom is 0.243 e. The normalized spacial score (nSPS) is 12.5. The van der Waals surface area contributed by atoms with Crippen LogP contribution in [0.15, 0.2) is 16.3 Å². The van der Waals surface area contributed by atoms with Crippen molar-refractivity contribution >= 4 is 21.4 Å². The number of aliphatic hydroxyl groups is 1. The molecule has 0 fully saturated rings. The molecular weight excluding hydrogens is 286 g/mol. The molecule has 19 heavy (non-hydrogen) atoms. The highest BCUT2D eigenvalue weighted by Gasteiger charge is 2.25. The van der Waals surface area contributed by atoms with Gasteiger partial charge in [0.15, 0.2) is 0 Å². The van der Waals surface area contributed by atoms with E-state index in [4.69, 9.17) is 9.84 Å². The first-order chi connectivity index (χ1) is 8.91. The first-order valence-corrected chi connectivity index (χ1v) is 8.41. The van der Waals surface area contributed by atoms with Gasteiger partial charge in [0.1, 0.15) is 0 Å². The molecule has 0 unspecified atom stereocenters. The summed E-state index contributed by atoms with van der Waals surface area (Å²) in [5, 5.41) is 10.6. The van der Waals surface area contributed by atoms with Gasteiger partial charge in [0.05, 0.1) is 18.1 Å². The van der Waals surface area contributed by atoms with Gasteiger partial charge in [0, 0.05) is 30.5 Å². The number of hydrogen-bond acceptors (Lipinski definition) is 5. The van der Waals surface area contributed by atoms with Gasteiger partial charge in [-0.2, -0.15) is 4.31 Å². The van der Waals surface area contributed by atoms with E-state index in [2.05, 4.69) is 0 Å². The van der Waals surface area contributed by atoms with Crippen LogP contribution in [0.25, 0.3) is 0 Å². The lowest BCUT2D eigenvalue weighted by Gasteiger charge is -2.23. The molecule has 0 aliphatic heterocycles. The topological polar surface area (TPSA) is 66.8 Å². The van der Waals surface area contributed by atoms with E-state index in [0.717, 1.165) is 0 Å². The van der Waals surface area contributed by atoms with Gasteiger partial charge in [0.25, 0.3) is 0 Å². The molecule has 0 radical (unpaired) electrons. The van der Waals surface area contributed by atoms with Crippen LogP contribution in [0, 0.1) is 5.92 Å². The van der Waals surface area contributed by atoms with Gasteiger partial charge in [-0.25, -0.2) is 8.42 Å². The predicted octanol–water partition coefficient (Wildman–Crippen LogP) is 1.53. The highest BCUT2D eigenvalue weighted by molar-refractivity contribution is 7.89. The van der Waals surface area contributed by atoms with Crippen LogP contribution in [0.1, 0.15) is 18.7 Å². The maximum atomic E-state index is 12.5. The summed E-state index contributed by atoms with van der Waals surface area (Å²) < 4.78 is 31.4. The van der Waals surface area contributed by atoms with E-state index in [1.807, 2.05) is 13.8 Å². The predicted molar refractivity (Wildman–Crippen MR) is 75.7 cm³/mol. The van der Waals surface area contributed by atoms with E-state index in [1.165, 1.54) is 21.7 Å². The van der Waals surface area contributed by atoms with Crippen molar-refractivity contribution < 1.29 is 18.3 Å². The summed E-state index contributed by atoms with van der Waals surface area (Å²) in [5.74, 6) is 0.238. The lowest BCUT2D eigenvalue weighted by atomic mass is 10.2. The summed E-state index contributed by atoms with van der Waals surface area (Å²) in [7, 11) is -1.95. The molecule has 0 aromatic carbocycles. The second-order valence-corrected chi connectivity index (χ2v) is 7.59. The fourth-order valence-corrected chi connectivity index (χ4v) is 4.35. The molecule has 0 aliphatic rings. The summed E-state index contributed by atoms with van der Waals surface area (Å²) in [6.45, 7) is 4.97. The molecule has 0 bridgehead atoms.